The van der Waals surface area contributed by atoms with Crippen LogP contribution in [0.5, 0.6) is 5.75 Å². The minimum Gasteiger partial charge on any atom is -0.493 e. The fourth-order valence-electron chi connectivity index (χ4n) is 9.46. The molecule has 3 heteroatoms. The molecule has 0 atom stereocenters. The van der Waals surface area contributed by atoms with Crippen molar-refractivity contribution in [1.29, 1.82) is 0 Å². The molecule has 11 rings (SSSR count). The van der Waals surface area contributed by atoms with Crippen LogP contribution in [0.2, 0.25) is 0 Å². The van der Waals surface area contributed by atoms with Crippen molar-refractivity contribution in [1.82, 2.24) is 4.57 Å². The van der Waals surface area contributed by atoms with Gasteiger partial charge in [0.25, 0.3) is 0 Å². The fourth-order valence-corrected chi connectivity index (χ4v) is 9.46. The van der Waals surface area contributed by atoms with Gasteiger partial charge >= 0.3 is 0 Å². The summed E-state index contributed by atoms with van der Waals surface area (Å²) < 4.78 is 8.95. The first-order chi connectivity index (χ1) is 27.0. The van der Waals surface area contributed by atoms with Crippen LogP contribution in [0.25, 0.3) is 60.5 Å². The summed E-state index contributed by atoms with van der Waals surface area (Å²) in [7, 11) is 0. The first kappa shape index (κ1) is 31.9. The van der Waals surface area contributed by atoms with Crippen LogP contribution in [0.4, 0.5) is 17.1 Å². The van der Waals surface area contributed by atoms with Gasteiger partial charge in [0.1, 0.15) is 5.75 Å². The molecule has 0 saturated heterocycles. The maximum atomic E-state index is 6.54. The molecule has 0 spiro atoms. The lowest BCUT2D eigenvalue weighted by molar-refractivity contribution is 0.289. The number of para-hydroxylation sites is 3. The Kier molecular flexibility index (Phi) is 7.09. The third-order valence-corrected chi connectivity index (χ3v) is 12.1. The van der Waals surface area contributed by atoms with Gasteiger partial charge in [-0.3, -0.25) is 0 Å². The monoisotopic (exact) mass is 708 g/mol. The largest absolute Gasteiger partial charge is 0.493 e. The lowest BCUT2D eigenvalue weighted by atomic mass is 9.81. The van der Waals surface area contributed by atoms with Crippen molar-refractivity contribution in [3.05, 3.63) is 187 Å². The van der Waals surface area contributed by atoms with Crippen molar-refractivity contribution >= 4 is 49.6 Å². The van der Waals surface area contributed by atoms with Crippen molar-refractivity contribution < 1.29 is 4.74 Å². The van der Waals surface area contributed by atoms with Gasteiger partial charge in [0, 0.05) is 44.5 Å². The Balaban J connectivity index is 1.22. The van der Waals surface area contributed by atoms with Crippen LogP contribution >= 0.6 is 0 Å². The van der Waals surface area contributed by atoms with Crippen LogP contribution in [0, 0.1) is 0 Å². The number of aryl methyl sites for hydroxylation is 1. The van der Waals surface area contributed by atoms with Gasteiger partial charge < -0.3 is 14.2 Å². The molecule has 3 nitrogen and oxygen atoms in total. The van der Waals surface area contributed by atoms with E-state index in [1.807, 2.05) is 0 Å². The van der Waals surface area contributed by atoms with Crippen LogP contribution in [0.3, 0.4) is 0 Å². The number of nitrogens with zero attached hydrogens (tertiary/aromatic N) is 2. The average Bonchev–Trinajstić information content (AvgIpc) is 3.69. The van der Waals surface area contributed by atoms with Crippen molar-refractivity contribution in [2.24, 2.45) is 0 Å². The van der Waals surface area contributed by atoms with E-state index in [1.165, 1.54) is 71.5 Å². The third-order valence-electron chi connectivity index (χ3n) is 12.1. The molecule has 0 N–H and O–H groups in total. The highest BCUT2D eigenvalue weighted by molar-refractivity contribution is 6.10. The molecule has 0 unspecified atom stereocenters. The lowest BCUT2D eigenvalue weighted by Gasteiger charge is -2.30. The number of anilines is 3. The molecular weight excluding hydrogens is 669 g/mol. The minimum atomic E-state index is -0.203. The first-order valence-electron chi connectivity index (χ1n) is 19.5. The molecule has 8 aromatic carbocycles. The van der Waals surface area contributed by atoms with Gasteiger partial charge in [-0.05, 0) is 112 Å². The summed E-state index contributed by atoms with van der Waals surface area (Å²) in [5.74, 6) is 1.03. The van der Waals surface area contributed by atoms with E-state index in [0.29, 0.717) is 0 Å². The molecule has 1 aliphatic heterocycles. The number of ether oxygens (including phenoxy) is 1. The number of aromatic nitrogens is 1. The van der Waals surface area contributed by atoms with Gasteiger partial charge in [-0.25, -0.2) is 0 Å². The Bertz CT molecular complexity index is 2970. The molecule has 0 bridgehead atoms. The molecular formula is C52H40N2O. The summed E-state index contributed by atoms with van der Waals surface area (Å²) in [4.78, 5) is 2.47. The topological polar surface area (TPSA) is 17.4 Å². The summed E-state index contributed by atoms with van der Waals surface area (Å²) in [5, 5.41) is 4.92. The summed E-state index contributed by atoms with van der Waals surface area (Å²) >= 11 is 0. The van der Waals surface area contributed by atoms with Crippen molar-refractivity contribution in [2.45, 2.75) is 32.1 Å². The molecule has 264 valence electrons. The molecule has 0 amide bonds. The van der Waals surface area contributed by atoms with Gasteiger partial charge in [-0.1, -0.05) is 129 Å². The van der Waals surface area contributed by atoms with Crippen LogP contribution in [-0.2, 0) is 11.8 Å². The minimum absolute atomic E-state index is 0.203. The van der Waals surface area contributed by atoms with Crippen molar-refractivity contribution in [2.75, 3.05) is 11.5 Å². The molecule has 0 saturated carbocycles. The lowest BCUT2D eigenvalue weighted by Crippen LogP contribution is -2.17. The molecule has 0 radical (unpaired) electrons. The quantitative estimate of drug-likeness (QED) is 0.177. The second-order valence-corrected chi connectivity index (χ2v) is 15.6. The number of hydrogen-bond donors (Lipinski definition) is 0. The van der Waals surface area contributed by atoms with E-state index >= 15 is 0 Å². The highest BCUT2D eigenvalue weighted by Crippen LogP contribution is 2.56. The zero-order valence-electron chi connectivity index (χ0n) is 31.1. The Hall–Kier alpha value is -6.58. The Morgan fingerprint density at radius 1 is 0.527 bits per heavy atom. The van der Waals surface area contributed by atoms with E-state index in [1.54, 1.807) is 0 Å². The number of benzene rings is 8. The first-order valence-corrected chi connectivity index (χ1v) is 19.5. The van der Waals surface area contributed by atoms with E-state index in [9.17, 15) is 0 Å². The number of hydrogen-bond acceptors (Lipinski definition) is 2. The van der Waals surface area contributed by atoms with Crippen molar-refractivity contribution in [3.8, 4) is 33.7 Å². The third kappa shape index (κ3) is 4.89. The molecule has 1 aromatic heterocycles. The molecule has 2 aliphatic rings. The van der Waals surface area contributed by atoms with Crippen LogP contribution < -0.4 is 9.64 Å². The number of fused-ring (bicyclic) bond motifs is 8. The molecule has 1 aliphatic carbocycles. The maximum absolute atomic E-state index is 6.54. The standard InChI is InChI=1S/C52H40N2O/c1-52(2)46-23-10-8-21-44(46)50-45(43-22-12-16-35-17-13-29-55-51(35)43)31-40(32-47(50)52)53(38-26-25-34-14-6-7-15-36(34)30-38)39-27-28-42-41-20-9-11-24-48(41)54(49(42)33-39)37-18-4-3-5-19-37/h3-12,14-16,18-28,30-33H,13,17,29H2,1-2H3. The van der Waals surface area contributed by atoms with Gasteiger partial charge in [0.15, 0.2) is 0 Å². The highest BCUT2D eigenvalue weighted by atomic mass is 16.5. The Morgan fingerprint density at radius 3 is 2.16 bits per heavy atom. The van der Waals surface area contributed by atoms with Crippen molar-refractivity contribution in [3.63, 3.8) is 0 Å². The van der Waals surface area contributed by atoms with Gasteiger partial charge in [-0.15, -0.1) is 0 Å². The van der Waals surface area contributed by atoms with Gasteiger partial charge in [0.2, 0.25) is 0 Å². The van der Waals surface area contributed by atoms with Gasteiger partial charge in [-0.2, -0.15) is 0 Å². The fraction of sp³-hybridized carbons (Fsp3) is 0.115. The summed E-state index contributed by atoms with van der Waals surface area (Å²) in [6.07, 6.45) is 2.08. The smallest absolute Gasteiger partial charge is 0.130 e. The predicted molar refractivity (Wildman–Crippen MR) is 230 cm³/mol. The highest BCUT2D eigenvalue weighted by Gasteiger charge is 2.38. The zero-order valence-corrected chi connectivity index (χ0v) is 31.1. The second-order valence-electron chi connectivity index (χ2n) is 15.6. The number of rotatable bonds is 5. The molecule has 0 fully saturated rings. The van der Waals surface area contributed by atoms with E-state index in [-0.39, 0.29) is 5.41 Å². The van der Waals surface area contributed by atoms with Gasteiger partial charge in [0.05, 0.1) is 17.6 Å². The summed E-state index contributed by atoms with van der Waals surface area (Å²) in [5.41, 5.74) is 15.7. The predicted octanol–water partition coefficient (Wildman–Crippen LogP) is 13.7. The summed E-state index contributed by atoms with van der Waals surface area (Å²) in [6.45, 7) is 5.51. The maximum Gasteiger partial charge on any atom is 0.130 e. The SMILES string of the molecule is CC1(C)c2ccccc2-c2c(-c3cccc4c3OCCC4)cc(N(c3ccc4ccccc4c3)c3ccc4c5ccccc5n(-c5ccccc5)c4c3)cc21. The van der Waals surface area contributed by atoms with E-state index < -0.39 is 0 Å². The average molecular weight is 709 g/mol. The van der Waals surface area contributed by atoms with E-state index in [2.05, 4.69) is 193 Å². The molecule has 2 heterocycles. The van der Waals surface area contributed by atoms with Crippen LogP contribution in [0.15, 0.2) is 170 Å². The van der Waals surface area contributed by atoms with Crippen LogP contribution in [-0.4, -0.2) is 11.2 Å². The molecule has 55 heavy (non-hydrogen) atoms. The summed E-state index contributed by atoms with van der Waals surface area (Å²) in [6, 6.07) is 62.6. The zero-order chi connectivity index (χ0) is 36.7. The second kappa shape index (κ2) is 12.2. The Labute approximate surface area is 321 Å². The Morgan fingerprint density at radius 2 is 1.25 bits per heavy atom. The molecule has 9 aromatic rings. The van der Waals surface area contributed by atoms with Crippen LogP contribution in [0.1, 0.15) is 37.0 Å². The normalized spacial score (nSPS) is 14.1. The van der Waals surface area contributed by atoms with E-state index in [0.717, 1.165) is 47.9 Å². The van der Waals surface area contributed by atoms with E-state index in [4.69, 9.17) is 4.74 Å².